The van der Waals surface area contributed by atoms with Gasteiger partial charge in [0.15, 0.2) is 0 Å². The topological polar surface area (TPSA) is 23.6 Å². The van der Waals surface area contributed by atoms with Crippen molar-refractivity contribution in [3.8, 4) is 0 Å². The van der Waals surface area contributed by atoms with E-state index in [0.717, 1.165) is 6.54 Å². The van der Waals surface area contributed by atoms with Gasteiger partial charge in [-0.15, -0.1) is 0 Å². The lowest BCUT2D eigenvalue weighted by atomic mass is 10.1. The summed E-state index contributed by atoms with van der Waals surface area (Å²) in [5.74, 6) is 0. The first-order valence-electron chi connectivity index (χ1n) is 3.16. The molecule has 0 aromatic rings. The van der Waals surface area contributed by atoms with Gasteiger partial charge in [-0.25, -0.2) is 4.79 Å². The van der Waals surface area contributed by atoms with Crippen LogP contribution in [-0.4, -0.2) is 33.2 Å². The van der Waals surface area contributed by atoms with Gasteiger partial charge in [0.25, 0.3) is 0 Å². The van der Waals surface area contributed by atoms with E-state index in [-0.39, 0.29) is 11.6 Å². The van der Waals surface area contributed by atoms with Crippen LogP contribution in [0.5, 0.6) is 0 Å². The molecule has 3 nitrogen and oxygen atoms in total. The smallest absolute Gasteiger partial charge is 0.325 e. The van der Waals surface area contributed by atoms with Gasteiger partial charge in [0.1, 0.15) is 0 Å². The first kappa shape index (κ1) is 8.10. The predicted octanol–water partition coefficient (Wildman–Crippen LogP) is 1.48. The lowest BCUT2D eigenvalue weighted by Gasteiger charge is -2.22. The largest absolute Gasteiger partial charge is 0.329 e. The van der Waals surface area contributed by atoms with Gasteiger partial charge in [0.05, 0.1) is 28.4 Å². The summed E-state index contributed by atoms with van der Waals surface area (Å²) >= 11 is 2.06. The maximum absolute atomic E-state index is 11.2. The van der Waals surface area contributed by atoms with E-state index < -0.39 is 0 Å². The van der Waals surface area contributed by atoms with Crippen LogP contribution in [0, 0.1) is 0 Å². The SMILES string of the molecule is CN1CC(C)(C)N(I)C1=O. The Morgan fingerprint density at radius 1 is 1.60 bits per heavy atom. The Bertz CT molecular complexity index is 169. The second-order valence-corrected chi connectivity index (χ2v) is 4.20. The zero-order chi connectivity index (χ0) is 7.94. The highest BCUT2D eigenvalue weighted by atomic mass is 127. The summed E-state index contributed by atoms with van der Waals surface area (Å²) in [6.07, 6.45) is 0. The fraction of sp³-hybridized carbons (Fsp3) is 0.833. The van der Waals surface area contributed by atoms with Crippen molar-refractivity contribution in [2.24, 2.45) is 0 Å². The van der Waals surface area contributed by atoms with Gasteiger partial charge in [-0.1, -0.05) is 0 Å². The molecular formula is C6H11IN2O. The number of urea groups is 1. The molecule has 58 valence electrons. The number of carbonyl (C=O) groups is 1. The van der Waals surface area contributed by atoms with Crippen molar-refractivity contribution in [2.45, 2.75) is 19.4 Å². The van der Waals surface area contributed by atoms with Gasteiger partial charge in [0.2, 0.25) is 0 Å². The van der Waals surface area contributed by atoms with Crippen LogP contribution in [0.4, 0.5) is 4.79 Å². The van der Waals surface area contributed by atoms with Crippen molar-refractivity contribution in [1.29, 1.82) is 0 Å². The molecule has 0 unspecified atom stereocenters. The highest BCUT2D eigenvalue weighted by Crippen LogP contribution is 2.27. The lowest BCUT2D eigenvalue weighted by Crippen LogP contribution is -2.33. The molecule has 4 heteroatoms. The number of carbonyl (C=O) groups excluding carboxylic acids is 1. The fourth-order valence-corrected chi connectivity index (χ4v) is 1.64. The standard InChI is InChI=1S/C6H11IN2O/c1-6(2)4-8(3)5(10)9(6)7/h4H2,1-3H3. The van der Waals surface area contributed by atoms with Crippen LogP contribution < -0.4 is 0 Å². The molecule has 0 atom stereocenters. The van der Waals surface area contributed by atoms with Crippen molar-refractivity contribution >= 4 is 28.9 Å². The Kier molecular flexibility index (Phi) is 1.82. The van der Waals surface area contributed by atoms with Crippen LogP contribution in [0.2, 0.25) is 0 Å². The molecule has 0 radical (unpaired) electrons. The van der Waals surface area contributed by atoms with Crippen molar-refractivity contribution in [3.63, 3.8) is 0 Å². The average Bonchev–Trinajstić information content (AvgIpc) is 1.95. The fourth-order valence-electron chi connectivity index (χ4n) is 1.12. The highest BCUT2D eigenvalue weighted by molar-refractivity contribution is 14.1. The number of hydrogen-bond acceptors (Lipinski definition) is 1. The van der Waals surface area contributed by atoms with Crippen LogP contribution in [0.15, 0.2) is 0 Å². The number of amides is 2. The zero-order valence-electron chi connectivity index (χ0n) is 6.39. The summed E-state index contributed by atoms with van der Waals surface area (Å²) < 4.78 is 1.74. The van der Waals surface area contributed by atoms with Crippen LogP contribution in [-0.2, 0) is 0 Å². The molecule has 10 heavy (non-hydrogen) atoms. The van der Waals surface area contributed by atoms with Crippen molar-refractivity contribution in [1.82, 2.24) is 8.01 Å². The monoisotopic (exact) mass is 254 g/mol. The molecule has 1 heterocycles. The van der Waals surface area contributed by atoms with Gasteiger partial charge in [0, 0.05) is 13.6 Å². The van der Waals surface area contributed by atoms with Crippen LogP contribution >= 0.6 is 22.9 Å². The zero-order valence-corrected chi connectivity index (χ0v) is 8.55. The summed E-state index contributed by atoms with van der Waals surface area (Å²) in [6.45, 7) is 4.93. The number of nitrogens with zero attached hydrogens (tertiary/aromatic N) is 2. The van der Waals surface area contributed by atoms with E-state index in [1.165, 1.54) is 0 Å². The van der Waals surface area contributed by atoms with Gasteiger partial charge >= 0.3 is 6.03 Å². The van der Waals surface area contributed by atoms with Crippen molar-refractivity contribution < 1.29 is 4.79 Å². The third-order valence-corrected chi connectivity index (χ3v) is 3.37. The molecule has 0 spiro atoms. The molecule has 1 aliphatic rings. The molecule has 0 bridgehead atoms. The normalized spacial score (nSPS) is 24.2. The van der Waals surface area contributed by atoms with E-state index in [1.807, 2.05) is 7.05 Å². The number of hydrogen-bond donors (Lipinski definition) is 0. The summed E-state index contributed by atoms with van der Waals surface area (Å²) in [4.78, 5) is 12.9. The molecular weight excluding hydrogens is 243 g/mol. The lowest BCUT2D eigenvalue weighted by molar-refractivity contribution is 0.216. The van der Waals surface area contributed by atoms with Gasteiger partial charge in [-0.2, -0.15) is 0 Å². The molecule has 0 aromatic heterocycles. The number of halogens is 1. The summed E-state index contributed by atoms with van der Waals surface area (Å²) in [5.41, 5.74) is -0.00755. The summed E-state index contributed by atoms with van der Waals surface area (Å²) in [6, 6.07) is 0.102. The molecule has 1 rings (SSSR count). The van der Waals surface area contributed by atoms with E-state index in [0.29, 0.717) is 0 Å². The molecule has 1 aliphatic heterocycles. The van der Waals surface area contributed by atoms with Gasteiger partial charge in [-0.05, 0) is 13.8 Å². The number of rotatable bonds is 0. The Labute approximate surface area is 74.9 Å². The van der Waals surface area contributed by atoms with E-state index >= 15 is 0 Å². The van der Waals surface area contributed by atoms with E-state index in [9.17, 15) is 4.79 Å². The third kappa shape index (κ3) is 1.09. The first-order valence-corrected chi connectivity index (χ1v) is 4.13. The minimum Gasteiger partial charge on any atom is -0.325 e. The molecule has 1 fully saturated rings. The molecule has 0 aromatic carbocycles. The van der Waals surface area contributed by atoms with E-state index in [2.05, 4.69) is 36.7 Å². The average molecular weight is 254 g/mol. The molecule has 0 saturated carbocycles. The van der Waals surface area contributed by atoms with E-state index in [1.54, 1.807) is 8.01 Å². The molecule has 1 saturated heterocycles. The van der Waals surface area contributed by atoms with Crippen molar-refractivity contribution in [2.75, 3.05) is 13.6 Å². The minimum atomic E-state index is -0.00755. The maximum atomic E-state index is 11.2. The van der Waals surface area contributed by atoms with Crippen molar-refractivity contribution in [3.05, 3.63) is 0 Å². The van der Waals surface area contributed by atoms with Gasteiger partial charge < -0.3 is 4.90 Å². The second-order valence-electron chi connectivity index (χ2n) is 3.23. The maximum Gasteiger partial charge on any atom is 0.329 e. The van der Waals surface area contributed by atoms with E-state index in [4.69, 9.17) is 0 Å². The second kappa shape index (κ2) is 2.25. The summed E-state index contributed by atoms with van der Waals surface area (Å²) in [5, 5.41) is 0. The Morgan fingerprint density at radius 2 is 2.10 bits per heavy atom. The third-order valence-electron chi connectivity index (χ3n) is 1.65. The van der Waals surface area contributed by atoms with Crippen LogP contribution in [0.3, 0.4) is 0 Å². The van der Waals surface area contributed by atoms with Crippen LogP contribution in [0.25, 0.3) is 0 Å². The molecule has 2 amide bonds. The Balaban J connectivity index is 2.81. The molecule has 0 aliphatic carbocycles. The number of likely N-dealkylation sites (N-methyl/N-ethyl adjacent to an activating group) is 1. The highest BCUT2D eigenvalue weighted by Gasteiger charge is 2.39. The quantitative estimate of drug-likeness (QED) is 0.474. The van der Waals surface area contributed by atoms with Crippen LogP contribution in [0.1, 0.15) is 13.8 Å². The predicted molar refractivity (Wildman–Crippen MR) is 48.0 cm³/mol. The van der Waals surface area contributed by atoms with Gasteiger partial charge in [-0.3, -0.25) is 3.11 Å². The minimum absolute atomic E-state index is 0.00755. The first-order chi connectivity index (χ1) is 4.45. The molecule has 0 N–H and O–H groups in total. The summed E-state index contributed by atoms with van der Waals surface area (Å²) in [7, 11) is 1.82. The Morgan fingerprint density at radius 3 is 2.20 bits per heavy atom. The Hall–Kier alpha value is -0.0000000000000000555.